The molecule has 0 atom stereocenters. The van der Waals surface area contributed by atoms with Gasteiger partial charge in [0.15, 0.2) is 5.82 Å². The van der Waals surface area contributed by atoms with Gasteiger partial charge in [-0.2, -0.15) is 0 Å². The van der Waals surface area contributed by atoms with Crippen LogP contribution in [0.1, 0.15) is 11.4 Å². The Morgan fingerprint density at radius 1 is 1.42 bits per heavy atom. The first-order valence-corrected chi connectivity index (χ1v) is 3.86. The minimum absolute atomic E-state index is 0.437. The van der Waals surface area contributed by atoms with Crippen molar-refractivity contribution < 1.29 is 4.74 Å². The Balaban J connectivity index is 2.28. The molecule has 12 heavy (non-hydrogen) atoms. The normalized spacial score (nSPS) is 20.2. The molecule has 2 heterocycles. The summed E-state index contributed by atoms with van der Waals surface area (Å²) in [5.41, 5.74) is 6.53. The maximum absolute atomic E-state index is 5.92. The smallest absolute Gasteiger partial charge is 0.152 e. The van der Waals surface area contributed by atoms with Crippen LogP contribution in [0.5, 0.6) is 0 Å². The first-order chi connectivity index (χ1) is 5.71. The number of rotatable bonds is 1. The van der Waals surface area contributed by atoms with Gasteiger partial charge in [0.25, 0.3) is 0 Å². The third-order valence-corrected chi connectivity index (χ3v) is 1.95. The summed E-state index contributed by atoms with van der Waals surface area (Å²) in [5.74, 6) is 0.680. The lowest BCUT2D eigenvalue weighted by atomic mass is 9.98. The van der Waals surface area contributed by atoms with Crippen molar-refractivity contribution in [2.24, 2.45) is 5.73 Å². The van der Waals surface area contributed by atoms with Crippen LogP contribution in [-0.2, 0) is 10.3 Å². The van der Waals surface area contributed by atoms with Gasteiger partial charge in [0.1, 0.15) is 5.54 Å². The largest absolute Gasteiger partial charge is 0.376 e. The number of nitrogens with zero attached hydrogens (tertiary/aromatic N) is 2. The Labute approximate surface area is 70.8 Å². The van der Waals surface area contributed by atoms with Crippen LogP contribution in [0.4, 0.5) is 0 Å². The van der Waals surface area contributed by atoms with E-state index in [1.165, 1.54) is 0 Å². The van der Waals surface area contributed by atoms with Crippen LogP contribution in [0.15, 0.2) is 12.4 Å². The SMILES string of the molecule is Cc1cnc(C2(N)COC2)nc1. The van der Waals surface area contributed by atoms with Gasteiger partial charge in [-0.1, -0.05) is 0 Å². The molecule has 0 radical (unpaired) electrons. The summed E-state index contributed by atoms with van der Waals surface area (Å²) in [5, 5.41) is 0. The van der Waals surface area contributed by atoms with E-state index >= 15 is 0 Å². The quantitative estimate of drug-likeness (QED) is 0.634. The van der Waals surface area contributed by atoms with Gasteiger partial charge in [-0.15, -0.1) is 0 Å². The van der Waals surface area contributed by atoms with Crippen LogP contribution >= 0.6 is 0 Å². The van der Waals surface area contributed by atoms with Crippen molar-refractivity contribution in [3.05, 3.63) is 23.8 Å². The zero-order valence-electron chi connectivity index (χ0n) is 6.95. The van der Waals surface area contributed by atoms with Gasteiger partial charge >= 0.3 is 0 Å². The molecule has 0 spiro atoms. The predicted octanol–water partition coefficient (Wildman–Crippen LogP) is -0.0308. The lowest BCUT2D eigenvalue weighted by Gasteiger charge is -2.35. The first kappa shape index (κ1) is 7.64. The van der Waals surface area contributed by atoms with Crippen molar-refractivity contribution in [2.75, 3.05) is 13.2 Å². The molecular weight excluding hydrogens is 154 g/mol. The highest BCUT2D eigenvalue weighted by Gasteiger charge is 2.38. The van der Waals surface area contributed by atoms with E-state index in [1.54, 1.807) is 12.4 Å². The molecule has 0 aliphatic carbocycles. The molecule has 4 nitrogen and oxygen atoms in total. The maximum atomic E-state index is 5.92. The van der Waals surface area contributed by atoms with Gasteiger partial charge in [0.2, 0.25) is 0 Å². The molecule has 1 fully saturated rings. The van der Waals surface area contributed by atoms with Crippen LogP contribution in [0, 0.1) is 6.92 Å². The summed E-state index contributed by atoms with van der Waals surface area (Å²) >= 11 is 0. The average molecular weight is 165 g/mol. The highest BCUT2D eigenvalue weighted by Crippen LogP contribution is 2.22. The maximum Gasteiger partial charge on any atom is 0.152 e. The van der Waals surface area contributed by atoms with Crippen LogP contribution in [-0.4, -0.2) is 23.2 Å². The number of hydrogen-bond acceptors (Lipinski definition) is 4. The third kappa shape index (κ3) is 1.09. The molecule has 0 aromatic carbocycles. The number of nitrogens with two attached hydrogens (primary N) is 1. The number of ether oxygens (including phenoxy) is 1. The molecule has 2 N–H and O–H groups in total. The highest BCUT2D eigenvalue weighted by atomic mass is 16.5. The number of aryl methyl sites for hydroxylation is 1. The zero-order valence-corrected chi connectivity index (χ0v) is 6.95. The topological polar surface area (TPSA) is 61.0 Å². The van der Waals surface area contributed by atoms with Crippen molar-refractivity contribution >= 4 is 0 Å². The average Bonchev–Trinajstić information content (AvgIpc) is 2.02. The van der Waals surface area contributed by atoms with Crippen molar-refractivity contribution in [3.8, 4) is 0 Å². The molecule has 1 saturated heterocycles. The molecule has 1 aromatic rings. The van der Waals surface area contributed by atoms with Gasteiger partial charge in [-0.25, -0.2) is 9.97 Å². The second-order valence-electron chi connectivity index (χ2n) is 3.23. The van der Waals surface area contributed by atoms with E-state index < -0.39 is 5.54 Å². The molecule has 1 aliphatic heterocycles. The van der Waals surface area contributed by atoms with E-state index in [9.17, 15) is 0 Å². The molecule has 1 aromatic heterocycles. The van der Waals surface area contributed by atoms with Crippen molar-refractivity contribution in [1.29, 1.82) is 0 Å². The molecule has 4 heteroatoms. The Morgan fingerprint density at radius 2 is 2.00 bits per heavy atom. The fraction of sp³-hybridized carbons (Fsp3) is 0.500. The van der Waals surface area contributed by atoms with E-state index in [2.05, 4.69) is 9.97 Å². The van der Waals surface area contributed by atoms with E-state index in [0.717, 1.165) is 5.56 Å². The van der Waals surface area contributed by atoms with Gasteiger partial charge in [0, 0.05) is 12.4 Å². The molecule has 0 unspecified atom stereocenters. The van der Waals surface area contributed by atoms with Crippen molar-refractivity contribution in [1.82, 2.24) is 9.97 Å². The first-order valence-electron chi connectivity index (χ1n) is 3.86. The fourth-order valence-corrected chi connectivity index (χ4v) is 1.10. The summed E-state index contributed by atoms with van der Waals surface area (Å²) in [4.78, 5) is 8.31. The van der Waals surface area contributed by atoms with Crippen LogP contribution < -0.4 is 5.73 Å². The monoisotopic (exact) mass is 165 g/mol. The fourth-order valence-electron chi connectivity index (χ4n) is 1.10. The van der Waals surface area contributed by atoms with Gasteiger partial charge in [0.05, 0.1) is 13.2 Å². The third-order valence-electron chi connectivity index (χ3n) is 1.95. The van der Waals surface area contributed by atoms with E-state index in [4.69, 9.17) is 10.5 Å². The van der Waals surface area contributed by atoms with E-state index in [-0.39, 0.29) is 0 Å². The van der Waals surface area contributed by atoms with Crippen molar-refractivity contribution in [3.63, 3.8) is 0 Å². The Morgan fingerprint density at radius 3 is 2.42 bits per heavy atom. The Kier molecular flexibility index (Phi) is 1.59. The summed E-state index contributed by atoms with van der Waals surface area (Å²) in [6, 6.07) is 0. The second-order valence-corrected chi connectivity index (χ2v) is 3.23. The molecule has 64 valence electrons. The molecule has 0 bridgehead atoms. The highest BCUT2D eigenvalue weighted by molar-refractivity contribution is 5.12. The second kappa shape index (κ2) is 2.50. The van der Waals surface area contributed by atoms with E-state index in [1.807, 2.05) is 6.92 Å². The van der Waals surface area contributed by atoms with E-state index in [0.29, 0.717) is 19.0 Å². The zero-order chi connectivity index (χ0) is 8.60. The van der Waals surface area contributed by atoms with Crippen molar-refractivity contribution in [2.45, 2.75) is 12.5 Å². The lowest BCUT2D eigenvalue weighted by molar-refractivity contribution is -0.0613. The van der Waals surface area contributed by atoms with Gasteiger partial charge in [-0.05, 0) is 12.5 Å². The molecule has 0 amide bonds. The summed E-state index contributed by atoms with van der Waals surface area (Å²) < 4.78 is 5.02. The van der Waals surface area contributed by atoms with Crippen LogP contribution in [0.2, 0.25) is 0 Å². The summed E-state index contributed by atoms with van der Waals surface area (Å²) in [6.45, 7) is 3.00. The summed E-state index contributed by atoms with van der Waals surface area (Å²) in [6.07, 6.45) is 3.55. The molecule has 1 aliphatic rings. The number of hydrogen-bond donors (Lipinski definition) is 1. The predicted molar refractivity (Wildman–Crippen MR) is 43.5 cm³/mol. The summed E-state index contributed by atoms with van der Waals surface area (Å²) in [7, 11) is 0. The standard InChI is InChI=1S/C8H11N3O/c1-6-2-10-7(11-3-6)8(9)4-12-5-8/h2-3H,4-5,9H2,1H3. The minimum atomic E-state index is -0.437. The Hall–Kier alpha value is -1.00. The minimum Gasteiger partial charge on any atom is -0.376 e. The van der Waals surface area contributed by atoms with Crippen LogP contribution in [0.25, 0.3) is 0 Å². The molecular formula is C8H11N3O. The number of aromatic nitrogens is 2. The van der Waals surface area contributed by atoms with Gasteiger partial charge in [-0.3, -0.25) is 0 Å². The lowest BCUT2D eigenvalue weighted by Crippen LogP contribution is -2.55. The Bertz CT molecular complexity index is 279. The van der Waals surface area contributed by atoms with Gasteiger partial charge < -0.3 is 10.5 Å². The van der Waals surface area contributed by atoms with Crippen LogP contribution in [0.3, 0.4) is 0 Å². The molecule has 2 rings (SSSR count). The molecule has 0 saturated carbocycles.